The number of unbranched alkanes of at least 4 members (excludes halogenated alkanes) is 2. The number of aryl methyl sites for hydroxylation is 1. The summed E-state index contributed by atoms with van der Waals surface area (Å²) >= 11 is 1.25. The van der Waals surface area contributed by atoms with Crippen LogP contribution in [0.25, 0.3) is 0 Å². The fraction of sp³-hybridized carbons (Fsp3) is 0.594. The molecule has 104 heavy (non-hydrogen) atoms. The van der Waals surface area contributed by atoms with E-state index in [1.807, 2.05) is 39.6 Å². The van der Waals surface area contributed by atoms with Crippen molar-refractivity contribution in [1.82, 2.24) is 73.5 Å². The number of hydrogen-bond acceptors (Lipinski definition) is 21. The Bertz CT molecular complexity index is 3300. The zero-order chi connectivity index (χ0) is 76.7. The molecule has 0 aliphatic carbocycles. The standard InChI is InChI=1S/C69H104N14O18S3/c1-9-16-58(88)101-41-83(65(94)59(42(3)10-2)79-64(93)54-17-12-15-31-82(54)8)44(5)18-27-56-77-53(40-102-56)63(92)76-50(36-47-23-25-51(84)26-24-47)35-43(4)60(89)80-81-69(99)100-32-34-104-103-33-30-70-62(91)52(38-57(86)87)78-61(90)45(6)74-55(85)37-48-19-21-49(22-20-48)39-73-67(97)71-28-13-11-14-29-72-68(98)75-46(7)66(95)96/h19-26,40,42-46,50,52,54,59,84H,9-18,27-39,41H2,1-8H3,(H,70,91)(H,74,85)(H,76,92)(H,78,90)(H,79,93)(H,80,89)(H,81,99)(H,86,87)(H,95,96)(H2,71,73,97)(H2,72,75,98)/t42?,43-,44-,45+,46-,50+,52+,54+,59-/m0/s1. The highest BCUT2D eigenvalue weighted by atomic mass is 33.1. The fourth-order valence-electron chi connectivity index (χ4n) is 10.5. The number of piperidine rings is 1. The molecule has 1 aliphatic heterocycles. The number of carbonyl (C=O) groups is 13. The minimum Gasteiger partial charge on any atom is -0.508 e. The van der Waals surface area contributed by atoms with Crippen LogP contribution in [0.4, 0.5) is 14.4 Å². The molecule has 9 atom stereocenters. The van der Waals surface area contributed by atoms with Gasteiger partial charge in [0.25, 0.3) is 5.91 Å². The van der Waals surface area contributed by atoms with Crippen LogP contribution in [-0.4, -0.2) is 208 Å². The monoisotopic (exact) mass is 1510 g/mol. The van der Waals surface area contributed by atoms with Gasteiger partial charge in [-0.2, -0.15) is 0 Å². The summed E-state index contributed by atoms with van der Waals surface area (Å²) in [5, 5.41) is 54.4. The Morgan fingerprint density at radius 2 is 1.38 bits per heavy atom. The van der Waals surface area contributed by atoms with E-state index in [9.17, 15) is 72.5 Å². The number of hydrazine groups is 1. The lowest BCUT2D eigenvalue weighted by molar-refractivity contribution is -0.157. The average molecular weight is 1510 g/mol. The number of urea groups is 2. The average Bonchev–Trinajstić information content (AvgIpc) is 0.978. The lowest BCUT2D eigenvalue weighted by Crippen LogP contribution is -2.58. The number of esters is 1. The van der Waals surface area contributed by atoms with E-state index in [-0.39, 0.29) is 93.4 Å². The fourth-order valence-corrected chi connectivity index (χ4v) is 13.1. The molecule has 1 aromatic heterocycles. The number of aromatic nitrogens is 1. The van der Waals surface area contributed by atoms with Gasteiger partial charge >= 0.3 is 36.1 Å². The molecule has 0 spiro atoms. The number of amides is 12. The molecule has 0 radical (unpaired) electrons. The number of carbonyl (C=O) groups excluding carboxylic acids is 11. The molecule has 32 nitrogen and oxygen atoms in total. The molecule has 4 rings (SSSR count). The van der Waals surface area contributed by atoms with Gasteiger partial charge in [-0.15, -0.1) is 11.3 Å². The highest BCUT2D eigenvalue weighted by Crippen LogP contribution is 2.23. The van der Waals surface area contributed by atoms with Crippen LogP contribution in [0, 0.1) is 11.8 Å². The normalized spacial score (nSPS) is 15.0. The van der Waals surface area contributed by atoms with Gasteiger partial charge in [0.15, 0.2) is 6.73 Å². The number of ether oxygens (including phenoxy) is 2. The first kappa shape index (κ1) is 87.4. The molecule has 0 bridgehead atoms. The van der Waals surface area contributed by atoms with Gasteiger partial charge in [-0.25, -0.2) is 24.8 Å². The molecular formula is C69H104N14O18S3. The van der Waals surface area contributed by atoms with Crippen LogP contribution in [0.3, 0.4) is 0 Å². The number of nitrogens with one attached hydrogen (secondary N) is 11. The van der Waals surface area contributed by atoms with Gasteiger partial charge < -0.3 is 77.5 Å². The van der Waals surface area contributed by atoms with Crippen molar-refractivity contribution in [2.45, 2.75) is 194 Å². The van der Waals surface area contributed by atoms with Crippen molar-refractivity contribution in [2.75, 3.05) is 58.1 Å². The lowest BCUT2D eigenvalue weighted by Gasteiger charge is -2.36. The van der Waals surface area contributed by atoms with Crippen molar-refractivity contribution < 1.29 is 87.1 Å². The Morgan fingerprint density at radius 3 is 2.05 bits per heavy atom. The highest BCUT2D eigenvalue weighted by molar-refractivity contribution is 8.76. The molecule has 35 heteroatoms. The minimum atomic E-state index is -1.46. The molecule has 14 N–H and O–H groups in total. The molecule has 1 aliphatic rings. The van der Waals surface area contributed by atoms with E-state index >= 15 is 0 Å². The molecule has 0 saturated carbocycles. The zero-order valence-corrected chi connectivity index (χ0v) is 62.8. The van der Waals surface area contributed by atoms with Crippen molar-refractivity contribution in [1.29, 1.82) is 0 Å². The second kappa shape index (κ2) is 47.4. The Balaban J connectivity index is 1.16. The number of phenolic OH excluding ortho intramolecular Hbond substituents is 1. The number of likely N-dealkylation sites (N-methyl/N-ethyl adjacent to an activating group) is 1. The molecule has 1 fully saturated rings. The van der Waals surface area contributed by atoms with E-state index in [0.717, 1.165) is 30.5 Å². The predicted octanol–water partition coefficient (Wildman–Crippen LogP) is 4.39. The number of nitrogens with zero attached hydrogens (tertiary/aromatic N) is 3. The van der Waals surface area contributed by atoms with E-state index < -0.39 is 108 Å². The quantitative estimate of drug-likeness (QED) is 0.0123. The maximum atomic E-state index is 14.5. The van der Waals surface area contributed by atoms with Crippen LogP contribution in [0.2, 0.25) is 0 Å². The van der Waals surface area contributed by atoms with Crippen LogP contribution in [-0.2, 0) is 78.4 Å². The summed E-state index contributed by atoms with van der Waals surface area (Å²) in [6.45, 7) is 13.3. The van der Waals surface area contributed by atoms with Gasteiger partial charge in [-0.3, -0.25) is 58.3 Å². The third-order valence-corrected chi connectivity index (χ3v) is 20.2. The van der Waals surface area contributed by atoms with Gasteiger partial charge in [0.1, 0.15) is 42.2 Å². The molecule has 2 aromatic carbocycles. The number of thiazole rings is 1. The molecule has 12 amide bonds. The molecule has 2 heterocycles. The van der Waals surface area contributed by atoms with Gasteiger partial charge in [-0.05, 0) is 127 Å². The first-order valence-electron chi connectivity index (χ1n) is 35.0. The summed E-state index contributed by atoms with van der Waals surface area (Å²) in [4.78, 5) is 174. The first-order chi connectivity index (χ1) is 49.6. The molecule has 1 unspecified atom stereocenters. The van der Waals surface area contributed by atoms with Crippen molar-refractivity contribution in [3.63, 3.8) is 0 Å². The zero-order valence-electron chi connectivity index (χ0n) is 60.4. The largest absolute Gasteiger partial charge is 0.508 e. The maximum absolute atomic E-state index is 14.5. The van der Waals surface area contributed by atoms with Crippen molar-refractivity contribution in [3.05, 3.63) is 81.3 Å². The third kappa shape index (κ3) is 33.7. The predicted molar refractivity (Wildman–Crippen MR) is 391 cm³/mol. The topological polar surface area (TPSA) is 453 Å². The second-order valence-electron chi connectivity index (χ2n) is 25.5. The van der Waals surface area contributed by atoms with E-state index in [4.69, 9.17) is 14.6 Å². The van der Waals surface area contributed by atoms with Crippen LogP contribution >= 0.6 is 32.9 Å². The molecule has 1 saturated heterocycles. The third-order valence-electron chi connectivity index (χ3n) is 16.9. The van der Waals surface area contributed by atoms with Crippen LogP contribution in [0.5, 0.6) is 5.75 Å². The molecular weight excluding hydrogens is 1410 g/mol. The Morgan fingerprint density at radius 1 is 0.712 bits per heavy atom. The number of phenols is 1. The minimum absolute atomic E-state index is 0.0406. The van der Waals surface area contributed by atoms with Crippen LogP contribution in [0.1, 0.15) is 158 Å². The SMILES string of the molecule is CCCC(=O)OCN(C(=O)[C@@H](NC(=O)[C@H]1CCCCN1C)C(C)CC)[C@@H](C)CCc1nc(C(=O)N[C@@H](Cc2ccc(O)cc2)C[C@H](C)C(=O)NNC(=O)OCCSSCCNC(=O)[C@@H](CC(=O)O)NC(=O)[C@@H](C)NC(=O)Cc2ccc(CNC(=O)NCCCCCNC(=O)N[C@@H](C)C(=O)O)cc2)cs1. The Hall–Kier alpha value is -8.96. The maximum Gasteiger partial charge on any atom is 0.426 e. The number of aliphatic carboxylic acids is 2. The molecule has 576 valence electrons. The Kier molecular flexibility index (Phi) is 39.9. The number of hydrogen-bond donors (Lipinski definition) is 14. The van der Waals surface area contributed by atoms with Gasteiger partial charge in [0.2, 0.25) is 35.4 Å². The van der Waals surface area contributed by atoms with E-state index in [0.29, 0.717) is 86.5 Å². The summed E-state index contributed by atoms with van der Waals surface area (Å²) in [5.41, 5.74) is 6.80. The summed E-state index contributed by atoms with van der Waals surface area (Å²) in [6, 6.07) is 6.29. The first-order valence-corrected chi connectivity index (χ1v) is 38.4. The second-order valence-corrected chi connectivity index (χ2v) is 29.2. The van der Waals surface area contributed by atoms with E-state index in [2.05, 4.69) is 63.7 Å². The van der Waals surface area contributed by atoms with Gasteiger partial charge in [0, 0.05) is 73.9 Å². The van der Waals surface area contributed by atoms with Crippen LogP contribution < -0.4 is 58.7 Å². The number of aromatic hydroxyl groups is 1. The lowest BCUT2D eigenvalue weighted by atomic mass is 9.95. The number of benzene rings is 2. The van der Waals surface area contributed by atoms with Crippen molar-refractivity contribution >= 4 is 110 Å². The smallest absolute Gasteiger partial charge is 0.426 e. The van der Waals surface area contributed by atoms with Gasteiger partial charge in [0.05, 0.1) is 23.9 Å². The van der Waals surface area contributed by atoms with Crippen molar-refractivity contribution in [3.8, 4) is 5.75 Å². The van der Waals surface area contributed by atoms with Gasteiger partial charge in [-0.1, -0.05) is 98.5 Å². The Labute approximate surface area is 618 Å². The number of rotatable bonds is 45. The summed E-state index contributed by atoms with van der Waals surface area (Å²) in [5.74, 6) is -7.02. The van der Waals surface area contributed by atoms with Crippen molar-refractivity contribution in [2.24, 2.45) is 11.8 Å². The highest BCUT2D eigenvalue weighted by Gasteiger charge is 2.36. The summed E-state index contributed by atoms with van der Waals surface area (Å²) in [6.07, 6.45) is 5.21. The number of likely N-dealkylation sites (tertiary alicyclic amines) is 1. The summed E-state index contributed by atoms with van der Waals surface area (Å²) in [7, 11) is 4.51. The van der Waals surface area contributed by atoms with E-state index in [1.165, 1.54) is 63.8 Å². The number of carboxylic acid groups (broad SMARTS) is 2. The van der Waals surface area contributed by atoms with Crippen LogP contribution in [0.15, 0.2) is 53.9 Å². The summed E-state index contributed by atoms with van der Waals surface area (Å²) < 4.78 is 10.8. The van der Waals surface area contributed by atoms with E-state index in [1.54, 1.807) is 48.7 Å². The molecule has 3 aromatic rings. The number of carboxylic acids is 2.